The number of hydrogen-bond donors (Lipinski definition) is 1. The maximum absolute atomic E-state index is 13.4. The second-order valence-corrected chi connectivity index (χ2v) is 9.40. The van der Waals surface area contributed by atoms with Crippen LogP contribution >= 0.6 is 11.6 Å². The average molecular weight is 503 g/mol. The summed E-state index contributed by atoms with van der Waals surface area (Å²) >= 11 is 6.28. The van der Waals surface area contributed by atoms with E-state index in [1.54, 1.807) is 12.1 Å². The molecule has 2 saturated heterocycles. The van der Waals surface area contributed by atoms with Gasteiger partial charge in [0.15, 0.2) is 0 Å². The molecule has 0 saturated carbocycles. The molecular weight excluding hydrogens is 476 g/mol. The fourth-order valence-corrected chi connectivity index (χ4v) is 5.25. The number of hydrogen-bond acceptors (Lipinski definition) is 5. The average Bonchev–Trinajstić information content (AvgIpc) is 3.19. The van der Waals surface area contributed by atoms with Gasteiger partial charge in [-0.1, -0.05) is 41.9 Å². The number of anilines is 2. The van der Waals surface area contributed by atoms with Crippen LogP contribution in [-0.2, 0) is 9.59 Å². The van der Waals surface area contributed by atoms with E-state index in [4.69, 9.17) is 16.3 Å². The van der Waals surface area contributed by atoms with Crippen LogP contribution in [-0.4, -0.2) is 37.0 Å². The van der Waals surface area contributed by atoms with Crippen molar-refractivity contribution in [1.82, 2.24) is 0 Å². The molecule has 2 heterocycles. The number of piperidine rings is 1. The molecule has 3 aromatic rings. The van der Waals surface area contributed by atoms with Crippen LogP contribution in [0.25, 0.3) is 5.76 Å². The Labute approximate surface area is 215 Å². The summed E-state index contributed by atoms with van der Waals surface area (Å²) in [5, 5.41) is 11.6. The van der Waals surface area contributed by atoms with Crippen LogP contribution in [0.1, 0.15) is 36.4 Å². The first-order chi connectivity index (χ1) is 17.5. The molecule has 36 heavy (non-hydrogen) atoms. The van der Waals surface area contributed by atoms with Crippen LogP contribution in [0.4, 0.5) is 11.4 Å². The van der Waals surface area contributed by atoms with Crippen molar-refractivity contribution in [3.63, 3.8) is 0 Å². The summed E-state index contributed by atoms with van der Waals surface area (Å²) in [5.74, 6) is -1.26. The van der Waals surface area contributed by atoms with Gasteiger partial charge in [0, 0.05) is 30.0 Å². The molecule has 1 atom stereocenters. The van der Waals surface area contributed by atoms with Crippen molar-refractivity contribution in [2.75, 3.05) is 30.0 Å². The Morgan fingerprint density at radius 2 is 1.58 bits per heavy atom. The third-order valence-electron chi connectivity index (χ3n) is 6.83. The summed E-state index contributed by atoms with van der Waals surface area (Å²) in [6.45, 7) is 2.02. The zero-order valence-corrected chi connectivity index (χ0v) is 20.7. The fraction of sp³-hybridized carbons (Fsp3) is 0.241. The number of halogens is 1. The highest BCUT2D eigenvalue weighted by molar-refractivity contribution is 6.51. The van der Waals surface area contributed by atoms with Crippen LogP contribution in [0.2, 0.25) is 5.02 Å². The van der Waals surface area contributed by atoms with Crippen LogP contribution in [0.15, 0.2) is 78.4 Å². The molecular formula is C29H27ClN2O4. The maximum atomic E-state index is 13.4. The number of ether oxygens (including phenoxy) is 1. The normalized spacial score (nSPS) is 19.6. The van der Waals surface area contributed by atoms with Crippen molar-refractivity contribution in [2.24, 2.45) is 0 Å². The lowest BCUT2D eigenvalue weighted by Crippen LogP contribution is -2.30. The van der Waals surface area contributed by atoms with Crippen LogP contribution in [0, 0.1) is 0 Å². The Bertz CT molecular complexity index is 1310. The molecule has 2 fully saturated rings. The van der Waals surface area contributed by atoms with E-state index in [1.165, 1.54) is 37.3 Å². The van der Waals surface area contributed by atoms with Crippen molar-refractivity contribution >= 4 is 40.4 Å². The molecule has 1 unspecified atom stereocenters. The molecule has 2 aliphatic heterocycles. The molecule has 1 N–H and O–H groups in total. The van der Waals surface area contributed by atoms with Crippen LogP contribution < -0.4 is 14.5 Å². The number of aliphatic hydroxyl groups excluding tert-OH is 1. The zero-order chi connectivity index (χ0) is 25.2. The Kier molecular flexibility index (Phi) is 6.70. The second-order valence-electron chi connectivity index (χ2n) is 8.99. The quantitative estimate of drug-likeness (QED) is 0.264. The highest BCUT2D eigenvalue weighted by Crippen LogP contribution is 2.43. The first-order valence-electron chi connectivity index (χ1n) is 12.0. The lowest BCUT2D eigenvalue weighted by Gasteiger charge is -2.30. The molecule has 0 aromatic heterocycles. The predicted octanol–water partition coefficient (Wildman–Crippen LogP) is 5.97. The number of aliphatic hydroxyl groups is 1. The van der Waals surface area contributed by atoms with Gasteiger partial charge in [0.1, 0.15) is 11.5 Å². The molecule has 0 radical (unpaired) electrons. The van der Waals surface area contributed by atoms with E-state index < -0.39 is 17.7 Å². The Hall–Kier alpha value is -3.77. The summed E-state index contributed by atoms with van der Waals surface area (Å²) in [5.41, 5.74) is 2.77. The third kappa shape index (κ3) is 4.33. The number of rotatable bonds is 5. The summed E-state index contributed by atoms with van der Waals surface area (Å²) in [4.78, 5) is 30.5. The van der Waals surface area contributed by atoms with E-state index in [0.29, 0.717) is 22.0 Å². The van der Waals surface area contributed by atoms with Gasteiger partial charge in [-0.05, 0) is 67.3 Å². The molecule has 0 spiro atoms. The second kappa shape index (κ2) is 10.1. The highest BCUT2D eigenvalue weighted by Gasteiger charge is 2.47. The fourth-order valence-electron chi connectivity index (χ4n) is 4.99. The Morgan fingerprint density at radius 1 is 0.917 bits per heavy atom. The summed E-state index contributed by atoms with van der Waals surface area (Å²) in [6.07, 6.45) is 3.58. The van der Waals surface area contributed by atoms with Gasteiger partial charge in [-0.2, -0.15) is 0 Å². The van der Waals surface area contributed by atoms with Crippen molar-refractivity contribution in [1.29, 1.82) is 0 Å². The van der Waals surface area contributed by atoms with Crippen molar-refractivity contribution in [2.45, 2.75) is 25.3 Å². The van der Waals surface area contributed by atoms with Crippen LogP contribution in [0.5, 0.6) is 5.75 Å². The largest absolute Gasteiger partial charge is 0.507 e. The number of amides is 1. The summed E-state index contributed by atoms with van der Waals surface area (Å²) < 4.78 is 5.20. The number of ketones is 1. The predicted molar refractivity (Wildman–Crippen MR) is 142 cm³/mol. The van der Waals surface area contributed by atoms with Crippen LogP contribution in [0.3, 0.4) is 0 Å². The number of benzene rings is 3. The van der Waals surface area contributed by atoms with E-state index in [-0.39, 0.29) is 11.3 Å². The van der Waals surface area contributed by atoms with Gasteiger partial charge in [0.2, 0.25) is 0 Å². The number of nitrogens with zero attached hydrogens (tertiary/aromatic N) is 2. The molecule has 3 aromatic carbocycles. The van der Waals surface area contributed by atoms with Gasteiger partial charge in [0.05, 0.1) is 23.7 Å². The van der Waals surface area contributed by atoms with Crippen molar-refractivity contribution in [3.8, 4) is 5.75 Å². The lowest BCUT2D eigenvalue weighted by atomic mass is 9.95. The van der Waals surface area contributed by atoms with E-state index in [1.807, 2.05) is 54.6 Å². The number of carbonyl (C=O) groups excluding carboxylic acids is 2. The summed E-state index contributed by atoms with van der Waals surface area (Å²) in [7, 11) is 1.50. The third-order valence-corrected chi connectivity index (χ3v) is 7.13. The van der Waals surface area contributed by atoms with E-state index in [2.05, 4.69) is 4.90 Å². The molecule has 5 rings (SSSR count). The standard InChI is InChI=1S/C29H27ClN2O4/c1-36-24-15-10-20(18-23(24)30)27(33)25-26(19-8-4-2-5-9-19)32(29(35)28(25)34)22-13-11-21(12-14-22)31-16-6-3-7-17-31/h2,4-5,8-15,18,26,33H,3,6-7,16-17H2,1H3/b27-25-. The molecule has 6 nitrogen and oxygen atoms in total. The SMILES string of the molecule is COc1ccc(/C(O)=C2/C(=O)C(=O)N(c3ccc(N4CCCCC4)cc3)C2c2ccccc2)cc1Cl. The lowest BCUT2D eigenvalue weighted by molar-refractivity contribution is -0.132. The minimum absolute atomic E-state index is 0.0209. The first-order valence-corrected chi connectivity index (χ1v) is 12.4. The van der Waals surface area contributed by atoms with Gasteiger partial charge >= 0.3 is 0 Å². The monoisotopic (exact) mass is 502 g/mol. The maximum Gasteiger partial charge on any atom is 0.300 e. The van der Waals surface area contributed by atoms with Gasteiger partial charge in [-0.15, -0.1) is 0 Å². The Morgan fingerprint density at radius 3 is 2.22 bits per heavy atom. The van der Waals surface area contributed by atoms with Gasteiger partial charge in [0.25, 0.3) is 11.7 Å². The van der Waals surface area contributed by atoms with Gasteiger partial charge in [-0.3, -0.25) is 14.5 Å². The van der Waals surface area contributed by atoms with Gasteiger partial charge < -0.3 is 14.7 Å². The smallest absolute Gasteiger partial charge is 0.300 e. The molecule has 1 amide bonds. The number of methoxy groups -OCH3 is 1. The van der Waals surface area contributed by atoms with Crippen molar-refractivity contribution in [3.05, 3.63) is 94.5 Å². The first kappa shape index (κ1) is 23.9. The van der Waals surface area contributed by atoms with E-state index in [9.17, 15) is 14.7 Å². The van der Waals surface area contributed by atoms with E-state index >= 15 is 0 Å². The summed E-state index contributed by atoms with van der Waals surface area (Å²) in [6, 6.07) is 20.9. The topological polar surface area (TPSA) is 70.1 Å². The Balaban J connectivity index is 1.59. The number of carbonyl (C=O) groups is 2. The zero-order valence-electron chi connectivity index (χ0n) is 20.0. The molecule has 0 bridgehead atoms. The van der Waals surface area contributed by atoms with Gasteiger partial charge in [-0.25, -0.2) is 0 Å². The molecule has 0 aliphatic carbocycles. The molecule has 184 valence electrons. The highest BCUT2D eigenvalue weighted by atomic mass is 35.5. The van der Waals surface area contributed by atoms with E-state index in [0.717, 1.165) is 24.3 Å². The molecule has 7 heteroatoms. The van der Waals surface area contributed by atoms with Crippen molar-refractivity contribution < 1.29 is 19.4 Å². The number of Topliss-reactive ketones (excluding diaryl/α,β-unsaturated/α-hetero) is 1. The minimum Gasteiger partial charge on any atom is -0.507 e. The minimum atomic E-state index is -0.784. The molecule has 2 aliphatic rings.